The van der Waals surface area contributed by atoms with Crippen molar-refractivity contribution in [2.24, 2.45) is 0 Å². The summed E-state index contributed by atoms with van der Waals surface area (Å²) in [6, 6.07) is 70.6. The van der Waals surface area contributed by atoms with Gasteiger partial charge in [0.1, 0.15) is 42.7 Å². The molecule has 0 radical (unpaired) electrons. The fourth-order valence-corrected chi connectivity index (χ4v) is 8.96. The lowest BCUT2D eigenvalue weighted by atomic mass is 9.97. The summed E-state index contributed by atoms with van der Waals surface area (Å²) in [7, 11) is 0. The molecule has 0 unspecified atom stereocenters. The maximum atomic E-state index is 7.09. The van der Waals surface area contributed by atoms with Crippen molar-refractivity contribution in [3.8, 4) is 0 Å². The van der Waals surface area contributed by atoms with Gasteiger partial charge in [0.15, 0.2) is 12.6 Å². The van der Waals surface area contributed by atoms with Gasteiger partial charge in [0.05, 0.1) is 59.0 Å². The average Bonchev–Trinajstić information content (AvgIpc) is 3.43. The Kier molecular flexibility index (Phi) is 18.7. The van der Waals surface area contributed by atoms with E-state index in [-0.39, 0.29) is 26.4 Å². The van der Waals surface area contributed by atoms with Crippen LogP contribution in [-0.2, 0) is 93.6 Å². The van der Waals surface area contributed by atoms with Gasteiger partial charge < -0.3 is 47.4 Å². The third-order valence-electron chi connectivity index (χ3n) is 12.7. The minimum absolute atomic E-state index is 0.0186. The zero-order valence-electron chi connectivity index (χ0n) is 40.2. The highest BCUT2D eigenvalue weighted by Gasteiger charge is 2.51. The lowest BCUT2D eigenvalue weighted by Gasteiger charge is -2.47. The van der Waals surface area contributed by atoms with E-state index in [0.717, 1.165) is 38.9 Å². The van der Waals surface area contributed by atoms with Crippen LogP contribution in [-0.4, -0.2) is 68.0 Å². The number of rotatable bonds is 24. The topological polar surface area (TPSA) is 92.3 Å². The van der Waals surface area contributed by atoms with Gasteiger partial charge in [0.2, 0.25) is 0 Å². The molecular weight excluding hydrogens is 893 g/mol. The summed E-state index contributed by atoms with van der Waals surface area (Å²) in [6.07, 6.45) is -6.95. The second-order valence-electron chi connectivity index (χ2n) is 17.9. The Morgan fingerprint density at radius 3 is 0.859 bits per heavy atom. The molecule has 2 saturated heterocycles. The molecule has 10 nitrogen and oxygen atoms in total. The third-order valence-corrected chi connectivity index (χ3v) is 12.7. The molecule has 0 amide bonds. The van der Waals surface area contributed by atoms with Crippen molar-refractivity contribution in [2.75, 3.05) is 6.61 Å². The fraction of sp³-hybridized carbons (Fsp3) is 0.311. The largest absolute Gasteiger partial charge is 0.368 e. The summed E-state index contributed by atoms with van der Waals surface area (Å²) >= 11 is 0. The second-order valence-corrected chi connectivity index (χ2v) is 17.9. The van der Waals surface area contributed by atoms with E-state index >= 15 is 0 Å². The van der Waals surface area contributed by atoms with Crippen LogP contribution in [0, 0.1) is 0 Å². The van der Waals surface area contributed by atoms with Crippen LogP contribution in [0.2, 0.25) is 0 Å². The molecule has 0 aromatic heterocycles. The normalized spacial score (nSPS) is 24.4. The van der Waals surface area contributed by atoms with Crippen molar-refractivity contribution in [3.63, 3.8) is 0 Å². The van der Waals surface area contributed by atoms with E-state index in [9.17, 15) is 0 Å². The van der Waals surface area contributed by atoms with Gasteiger partial charge in [-0.1, -0.05) is 212 Å². The first-order chi connectivity index (χ1) is 35.1. The monoisotopic (exact) mass is 956 g/mol. The molecule has 0 aliphatic carbocycles. The SMILES string of the molecule is C[C@H]1O[C@H](OC[C@H]2O[C@@H](OCc3ccccc3)[C@H](OCc3ccccc3)[C@@H](OCc3ccccc3)[C@@H]2OCc2ccccc2)[C@H](OCc2ccccc2)[C@@H](OCc2ccccc2)[C@H]1OCc1ccccc1. The van der Waals surface area contributed by atoms with Crippen LogP contribution < -0.4 is 0 Å². The molecule has 7 aromatic carbocycles. The Hall–Kier alpha value is -5.86. The predicted molar refractivity (Wildman–Crippen MR) is 270 cm³/mol. The van der Waals surface area contributed by atoms with Crippen LogP contribution in [0.5, 0.6) is 0 Å². The van der Waals surface area contributed by atoms with Gasteiger partial charge in [-0.2, -0.15) is 0 Å². The second kappa shape index (κ2) is 26.5. The van der Waals surface area contributed by atoms with Gasteiger partial charge in [0, 0.05) is 0 Å². The van der Waals surface area contributed by atoms with E-state index in [4.69, 9.17) is 47.4 Å². The van der Waals surface area contributed by atoms with Crippen molar-refractivity contribution in [1.29, 1.82) is 0 Å². The molecular formula is C61H64O10. The molecule has 0 spiro atoms. The quantitative estimate of drug-likeness (QED) is 0.0583. The van der Waals surface area contributed by atoms with Gasteiger partial charge in [0.25, 0.3) is 0 Å². The van der Waals surface area contributed by atoms with Gasteiger partial charge >= 0.3 is 0 Å². The minimum Gasteiger partial charge on any atom is -0.368 e. The van der Waals surface area contributed by atoms with Gasteiger partial charge in [-0.05, 0) is 45.9 Å². The van der Waals surface area contributed by atoms with E-state index in [1.54, 1.807) is 0 Å². The molecule has 71 heavy (non-hydrogen) atoms. The van der Waals surface area contributed by atoms with Crippen molar-refractivity contribution in [1.82, 2.24) is 0 Å². The third kappa shape index (κ3) is 14.6. The first-order valence-corrected chi connectivity index (χ1v) is 24.6. The maximum absolute atomic E-state index is 7.09. The highest BCUT2D eigenvalue weighted by atomic mass is 16.7. The van der Waals surface area contributed by atoms with Crippen LogP contribution in [0.1, 0.15) is 45.9 Å². The number of hydrogen-bond donors (Lipinski definition) is 0. The lowest BCUT2D eigenvalue weighted by Crippen LogP contribution is -2.63. The fourth-order valence-electron chi connectivity index (χ4n) is 8.96. The molecule has 0 bridgehead atoms. The molecule has 0 saturated carbocycles. The zero-order valence-corrected chi connectivity index (χ0v) is 40.2. The molecule has 368 valence electrons. The Balaban J connectivity index is 1.04. The Morgan fingerprint density at radius 2 is 0.521 bits per heavy atom. The predicted octanol–water partition coefficient (Wildman–Crippen LogP) is 11.2. The Labute approximate surface area is 418 Å². The van der Waals surface area contributed by atoms with E-state index in [2.05, 4.69) is 24.3 Å². The van der Waals surface area contributed by atoms with Gasteiger partial charge in [-0.25, -0.2) is 0 Å². The van der Waals surface area contributed by atoms with Crippen LogP contribution in [0.3, 0.4) is 0 Å². The molecule has 9 rings (SSSR count). The highest BCUT2D eigenvalue weighted by Crippen LogP contribution is 2.35. The number of ether oxygens (including phenoxy) is 10. The standard InChI is InChI=1S/C61H64O10/c1-45-54(62-37-46-23-9-2-10-24-46)56(64-39-48-27-13-4-14-28-48)58(66-41-50-31-17-6-18-32-50)60(70-45)69-44-53-55(63-38-47-25-11-3-12-26-47)57(65-40-49-29-15-5-16-30-49)59(67-42-51-33-19-7-20-34-51)61(71-53)68-43-52-35-21-8-22-36-52/h2-36,45,53-61H,37-44H2,1H3/t45-,53-,54+,55-,56+,57+,58-,59-,60+,61-/m1/s1. The molecule has 2 fully saturated rings. The zero-order chi connectivity index (χ0) is 48.3. The van der Waals surface area contributed by atoms with Crippen molar-refractivity contribution in [3.05, 3.63) is 251 Å². The molecule has 10 heteroatoms. The van der Waals surface area contributed by atoms with Crippen molar-refractivity contribution >= 4 is 0 Å². The van der Waals surface area contributed by atoms with E-state index < -0.39 is 61.4 Å². The molecule has 2 aliphatic heterocycles. The highest BCUT2D eigenvalue weighted by molar-refractivity contribution is 5.19. The Morgan fingerprint density at radius 1 is 0.268 bits per heavy atom. The first kappa shape index (κ1) is 50.1. The van der Waals surface area contributed by atoms with Gasteiger partial charge in [-0.3, -0.25) is 0 Å². The molecule has 7 aromatic rings. The molecule has 2 heterocycles. The van der Waals surface area contributed by atoms with Crippen molar-refractivity contribution in [2.45, 2.75) is 115 Å². The summed E-state index contributed by atoms with van der Waals surface area (Å²) in [5.41, 5.74) is 7.05. The molecule has 2 aliphatic rings. The number of hydrogen-bond acceptors (Lipinski definition) is 10. The summed E-state index contributed by atoms with van der Waals surface area (Å²) in [5, 5.41) is 0. The van der Waals surface area contributed by atoms with Crippen molar-refractivity contribution < 1.29 is 47.4 Å². The van der Waals surface area contributed by atoms with Crippen LogP contribution >= 0.6 is 0 Å². The summed E-state index contributed by atoms with van der Waals surface area (Å²) in [4.78, 5) is 0. The Bertz CT molecular complexity index is 2530. The van der Waals surface area contributed by atoms with Gasteiger partial charge in [-0.15, -0.1) is 0 Å². The van der Waals surface area contributed by atoms with E-state index in [0.29, 0.717) is 26.4 Å². The molecule has 10 atom stereocenters. The van der Waals surface area contributed by atoms with Crippen LogP contribution in [0.15, 0.2) is 212 Å². The van der Waals surface area contributed by atoms with E-state index in [1.807, 2.05) is 195 Å². The smallest absolute Gasteiger partial charge is 0.187 e. The minimum atomic E-state index is -0.913. The van der Waals surface area contributed by atoms with Crippen LogP contribution in [0.4, 0.5) is 0 Å². The number of benzene rings is 7. The first-order valence-electron chi connectivity index (χ1n) is 24.6. The molecule has 0 N–H and O–H groups in total. The summed E-state index contributed by atoms with van der Waals surface area (Å²) in [6.45, 7) is 4.14. The lowest BCUT2D eigenvalue weighted by molar-refractivity contribution is -0.351. The maximum Gasteiger partial charge on any atom is 0.187 e. The van der Waals surface area contributed by atoms with E-state index in [1.165, 1.54) is 0 Å². The van der Waals surface area contributed by atoms with Crippen LogP contribution in [0.25, 0.3) is 0 Å². The summed E-state index contributed by atoms with van der Waals surface area (Å²) < 4.78 is 69.1. The summed E-state index contributed by atoms with van der Waals surface area (Å²) in [5.74, 6) is 0. The average molecular weight is 957 g/mol.